The predicted molar refractivity (Wildman–Crippen MR) is 93.5 cm³/mol. The van der Waals surface area contributed by atoms with Gasteiger partial charge in [0.05, 0.1) is 12.1 Å². The number of likely N-dealkylation sites (tertiary alicyclic amines) is 1. The molecule has 0 spiro atoms. The Morgan fingerprint density at radius 2 is 2.04 bits per heavy atom. The highest BCUT2D eigenvalue weighted by Crippen LogP contribution is 2.24. The Bertz CT molecular complexity index is 755. The summed E-state index contributed by atoms with van der Waals surface area (Å²) >= 11 is 0. The smallest absolute Gasteiger partial charge is 0.228 e. The van der Waals surface area contributed by atoms with E-state index in [2.05, 4.69) is 4.98 Å². The zero-order valence-electron chi connectivity index (χ0n) is 14.4. The number of benzene rings is 1. The topological polar surface area (TPSA) is 89.4 Å². The van der Waals surface area contributed by atoms with Crippen LogP contribution < -0.4 is 5.73 Å². The van der Waals surface area contributed by atoms with Gasteiger partial charge < -0.3 is 15.1 Å². The summed E-state index contributed by atoms with van der Waals surface area (Å²) in [6.45, 7) is 2.48. The molecule has 6 nitrogen and oxygen atoms in total. The van der Waals surface area contributed by atoms with Crippen molar-refractivity contribution in [2.75, 3.05) is 6.54 Å². The summed E-state index contributed by atoms with van der Waals surface area (Å²) in [5.41, 5.74) is 6.85. The molecule has 0 unspecified atom stereocenters. The van der Waals surface area contributed by atoms with Crippen molar-refractivity contribution in [3.63, 3.8) is 0 Å². The maximum Gasteiger partial charge on any atom is 0.228 e. The van der Waals surface area contributed by atoms with Crippen LogP contribution in [0, 0.1) is 6.92 Å². The number of rotatable bonds is 5. The van der Waals surface area contributed by atoms with E-state index in [-0.39, 0.29) is 30.7 Å². The fourth-order valence-electron chi connectivity index (χ4n) is 3.31. The highest BCUT2D eigenvalue weighted by atomic mass is 16.4. The SMILES string of the molecule is Cc1oc(-c2ccccc2)nc1CC(=O)N1CCCC[C@@H]1CC(N)=O. The Kier molecular flexibility index (Phi) is 5.16. The molecular weight excluding hydrogens is 318 g/mol. The number of carbonyl (C=O) groups excluding carboxylic acids is 2. The molecule has 1 aliphatic heterocycles. The number of piperidine rings is 1. The van der Waals surface area contributed by atoms with Crippen LogP contribution in [0.15, 0.2) is 34.7 Å². The maximum absolute atomic E-state index is 12.7. The molecule has 1 aromatic heterocycles. The molecule has 1 saturated heterocycles. The van der Waals surface area contributed by atoms with Crippen molar-refractivity contribution in [1.82, 2.24) is 9.88 Å². The van der Waals surface area contributed by atoms with Gasteiger partial charge >= 0.3 is 0 Å². The molecule has 2 amide bonds. The van der Waals surface area contributed by atoms with Crippen molar-refractivity contribution in [3.05, 3.63) is 41.8 Å². The second kappa shape index (κ2) is 7.51. The Hall–Kier alpha value is -2.63. The number of amides is 2. The van der Waals surface area contributed by atoms with Crippen LogP contribution in [0.2, 0.25) is 0 Å². The number of aromatic nitrogens is 1. The van der Waals surface area contributed by atoms with E-state index in [4.69, 9.17) is 10.2 Å². The first-order valence-electron chi connectivity index (χ1n) is 8.64. The van der Waals surface area contributed by atoms with E-state index >= 15 is 0 Å². The average molecular weight is 341 g/mol. The van der Waals surface area contributed by atoms with E-state index in [1.807, 2.05) is 37.3 Å². The van der Waals surface area contributed by atoms with Gasteiger partial charge in [0, 0.05) is 24.6 Å². The molecule has 1 atom stereocenters. The number of aryl methyl sites for hydroxylation is 1. The van der Waals surface area contributed by atoms with Gasteiger partial charge in [0.2, 0.25) is 17.7 Å². The van der Waals surface area contributed by atoms with Gasteiger partial charge in [-0.2, -0.15) is 0 Å². The van der Waals surface area contributed by atoms with Crippen LogP contribution in [-0.2, 0) is 16.0 Å². The summed E-state index contributed by atoms with van der Waals surface area (Å²) in [4.78, 5) is 30.3. The second-order valence-corrected chi connectivity index (χ2v) is 6.47. The van der Waals surface area contributed by atoms with Crippen molar-refractivity contribution in [2.45, 2.75) is 45.1 Å². The summed E-state index contributed by atoms with van der Waals surface area (Å²) < 4.78 is 5.72. The molecule has 0 aliphatic carbocycles. The van der Waals surface area contributed by atoms with Gasteiger partial charge in [-0.1, -0.05) is 18.2 Å². The van der Waals surface area contributed by atoms with Crippen molar-refractivity contribution >= 4 is 11.8 Å². The molecule has 2 N–H and O–H groups in total. The molecule has 0 saturated carbocycles. The van der Waals surface area contributed by atoms with Gasteiger partial charge in [0.1, 0.15) is 5.76 Å². The monoisotopic (exact) mass is 341 g/mol. The fourth-order valence-corrected chi connectivity index (χ4v) is 3.31. The Morgan fingerprint density at radius 3 is 2.76 bits per heavy atom. The van der Waals surface area contributed by atoms with Crippen molar-refractivity contribution in [2.24, 2.45) is 5.73 Å². The second-order valence-electron chi connectivity index (χ2n) is 6.47. The molecule has 2 aromatic rings. The lowest BCUT2D eigenvalue weighted by Crippen LogP contribution is -2.46. The molecule has 132 valence electrons. The molecule has 25 heavy (non-hydrogen) atoms. The minimum Gasteiger partial charge on any atom is -0.441 e. The summed E-state index contributed by atoms with van der Waals surface area (Å²) in [6.07, 6.45) is 3.19. The highest BCUT2D eigenvalue weighted by molar-refractivity contribution is 5.81. The van der Waals surface area contributed by atoms with Gasteiger partial charge in [-0.15, -0.1) is 0 Å². The van der Waals surface area contributed by atoms with Crippen LogP contribution in [0.25, 0.3) is 11.5 Å². The highest BCUT2D eigenvalue weighted by Gasteiger charge is 2.29. The lowest BCUT2D eigenvalue weighted by Gasteiger charge is -2.35. The third kappa shape index (κ3) is 4.07. The average Bonchev–Trinajstić information content (AvgIpc) is 2.96. The summed E-state index contributed by atoms with van der Waals surface area (Å²) in [7, 11) is 0. The molecule has 1 fully saturated rings. The Labute approximate surface area is 147 Å². The fraction of sp³-hybridized carbons (Fsp3) is 0.421. The number of oxazole rings is 1. The maximum atomic E-state index is 12.7. The van der Waals surface area contributed by atoms with Crippen molar-refractivity contribution in [3.8, 4) is 11.5 Å². The lowest BCUT2D eigenvalue weighted by atomic mass is 9.98. The van der Waals surface area contributed by atoms with E-state index in [1.54, 1.807) is 4.90 Å². The largest absolute Gasteiger partial charge is 0.441 e. The third-order valence-electron chi connectivity index (χ3n) is 4.62. The van der Waals surface area contributed by atoms with Gasteiger partial charge in [0.25, 0.3) is 0 Å². The molecule has 6 heteroatoms. The molecule has 3 rings (SSSR count). The first-order valence-corrected chi connectivity index (χ1v) is 8.64. The number of nitrogens with two attached hydrogens (primary N) is 1. The van der Waals surface area contributed by atoms with E-state index in [1.165, 1.54) is 0 Å². The van der Waals surface area contributed by atoms with Crippen molar-refractivity contribution < 1.29 is 14.0 Å². The number of nitrogens with zero attached hydrogens (tertiary/aromatic N) is 2. The Balaban J connectivity index is 1.74. The number of primary amides is 1. The lowest BCUT2D eigenvalue weighted by molar-refractivity contribution is -0.135. The molecule has 0 bridgehead atoms. The van der Waals surface area contributed by atoms with Crippen LogP contribution in [0.3, 0.4) is 0 Å². The number of hydrogen-bond donors (Lipinski definition) is 1. The summed E-state index contributed by atoms with van der Waals surface area (Å²) in [5, 5.41) is 0. The summed E-state index contributed by atoms with van der Waals surface area (Å²) in [6, 6.07) is 9.51. The molecule has 1 aliphatic rings. The third-order valence-corrected chi connectivity index (χ3v) is 4.62. The quantitative estimate of drug-likeness (QED) is 0.904. The van der Waals surface area contributed by atoms with E-state index in [0.29, 0.717) is 23.9 Å². The zero-order chi connectivity index (χ0) is 17.8. The summed E-state index contributed by atoms with van der Waals surface area (Å²) in [5.74, 6) is 0.777. The van der Waals surface area contributed by atoms with Crippen LogP contribution in [0.5, 0.6) is 0 Å². The predicted octanol–water partition coefficient (Wildman–Crippen LogP) is 2.45. The first kappa shape index (κ1) is 17.2. The van der Waals surface area contributed by atoms with Crippen LogP contribution in [-0.4, -0.2) is 34.3 Å². The zero-order valence-corrected chi connectivity index (χ0v) is 14.4. The number of carbonyl (C=O) groups is 2. The van der Waals surface area contributed by atoms with Crippen LogP contribution in [0.4, 0.5) is 0 Å². The van der Waals surface area contributed by atoms with E-state index in [0.717, 1.165) is 24.8 Å². The molecule has 2 heterocycles. The standard InChI is InChI=1S/C19H23N3O3/c1-13-16(21-19(25-13)14-7-3-2-4-8-14)12-18(24)22-10-6-5-9-15(22)11-17(20)23/h2-4,7-8,15H,5-6,9-12H2,1H3,(H2,20,23)/t15-/m1/s1. The van der Waals surface area contributed by atoms with Gasteiger partial charge in [0.15, 0.2) is 0 Å². The van der Waals surface area contributed by atoms with Gasteiger partial charge in [-0.25, -0.2) is 4.98 Å². The van der Waals surface area contributed by atoms with Gasteiger partial charge in [-0.3, -0.25) is 9.59 Å². The Morgan fingerprint density at radius 1 is 1.28 bits per heavy atom. The number of hydrogen-bond acceptors (Lipinski definition) is 4. The molecule has 0 radical (unpaired) electrons. The van der Waals surface area contributed by atoms with E-state index in [9.17, 15) is 9.59 Å². The van der Waals surface area contributed by atoms with Gasteiger partial charge in [-0.05, 0) is 38.3 Å². The normalized spacial score (nSPS) is 17.5. The van der Waals surface area contributed by atoms with Crippen LogP contribution >= 0.6 is 0 Å². The minimum absolute atomic E-state index is 0.0260. The molecular formula is C19H23N3O3. The van der Waals surface area contributed by atoms with Crippen LogP contribution in [0.1, 0.15) is 37.1 Å². The van der Waals surface area contributed by atoms with E-state index < -0.39 is 0 Å². The van der Waals surface area contributed by atoms with Crippen molar-refractivity contribution in [1.29, 1.82) is 0 Å². The molecule has 1 aromatic carbocycles. The minimum atomic E-state index is -0.367. The first-order chi connectivity index (χ1) is 12.0.